The summed E-state index contributed by atoms with van der Waals surface area (Å²) >= 11 is 24.9. The molecule has 11 nitrogen and oxygen atoms in total. The van der Waals surface area contributed by atoms with Gasteiger partial charge >= 0.3 is 6.09 Å². The number of nitrogens with one attached hydrogen (secondary N) is 1. The minimum absolute atomic E-state index is 0.0527. The van der Waals surface area contributed by atoms with Gasteiger partial charge in [-0.2, -0.15) is 0 Å². The highest BCUT2D eigenvalue weighted by molar-refractivity contribution is 6.55. The zero-order chi connectivity index (χ0) is 33.7. The number of amides is 3. The number of imide groups is 1. The molecule has 0 saturated carbocycles. The number of nitrogens with zero attached hydrogens (tertiary/aromatic N) is 1. The smallest absolute Gasteiger partial charge is 0.407 e. The number of hydrogen-bond acceptors (Lipinski definition) is 9. The van der Waals surface area contributed by atoms with Gasteiger partial charge in [0.1, 0.15) is 31.0 Å². The molecule has 0 bridgehead atoms. The molecule has 3 aromatic carbocycles. The molecule has 5 rings (SSSR count). The summed E-state index contributed by atoms with van der Waals surface area (Å²) in [7, 11) is 0. The third-order valence-electron chi connectivity index (χ3n) is 7.58. The van der Waals surface area contributed by atoms with Gasteiger partial charge < -0.3 is 34.5 Å². The van der Waals surface area contributed by atoms with Crippen molar-refractivity contribution < 1.29 is 43.5 Å². The van der Waals surface area contributed by atoms with Crippen LogP contribution in [0, 0.1) is 0 Å². The van der Waals surface area contributed by atoms with Crippen molar-refractivity contribution in [2.45, 2.75) is 50.3 Å². The number of carbonyl (C=O) groups is 3. The molecule has 3 aromatic rings. The van der Waals surface area contributed by atoms with E-state index in [0.717, 1.165) is 11.1 Å². The molecule has 0 aliphatic carbocycles. The van der Waals surface area contributed by atoms with Crippen molar-refractivity contribution in [3.8, 4) is 0 Å². The van der Waals surface area contributed by atoms with Crippen LogP contribution >= 0.6 is 46.4 Å². The van der Waals surface area contributed by atoms with Crippen LogP contribution in [-0.4, -0.2) is 83.4 Å². The van der Waals surface area contributed by atoms with Gasteiger partial charge in [0.2, 0.25) is 0 Å². The van der Waals surface area contributed by atoms with E-state index < -0.39 is 48.6 Å². The van der Waals surface area contributed by atoms with Crippen molar-refractivity contribution in [2.24, 2.45) is 0 Å². The molecule has 3 N–H and O–H groups in total. The molecular formula is C32H30Cl4N2O9. The molecule has 47 heavy (non-hydrogen) atoms. The van der Waals surface area contributed by atoms with Crippen LogP contribution in [0.4, 0.5) is 4.79 Å². The quantitative estimate of drug-likeness (QED) is 0.0985. The van der Waals surface area contributed by atoms with Gasteiger partial charge in [0, 0.05) is 6.54 Å². The monoisotopic (exact) mass is 726 g/mol. The van der Waals surface area contributed by atoms with Crippen molar-refractivity contribution in [1.82, 2.24) is 10.2 Å². The molecule has 0 radical (unpaired) electrons. The first-order chi connectivity index (χ1) is 22.6. The topological polar surface area (TPSA) is 144 Å². The summed E-state index contributed by atoms with van der Waals surface area (Å²) in [6, 6.07) is 16.9. The number of hydrogen-bond donors (Lipinski definition) is 3. The Labute approximate surface area is 290 Å². The number of benzene rings is 3. The second kappa shape index (κ2) is 16.0. The van der Waals surface area contributed by atoms with E-state index in [4.69, 9.17) is 65.4 Å². The number of rotatable bonds is 12. The van der Waals surface area contributed by atoms with Crippen LogP contribution < -0.4 is 5.32 Å². The first kappa shape index (κ1) is 35.3. The van der Waals surface area contributed by atoms with E-state index in [1.807, 2.05) is 60.7 Å². The lowest BCUT2D eigenvalue weighted by atomic mass is 9.95. The van der Waals surface area contributed by atoms with Gasteiger partial charge in [-0.05, 0) is 17.5 Å². The van der Waals surface area contributed by atoms with Gasteiger partial charge in [-0.25, -0.2) is 4.79 Å². The maximum atomic E-state index is 13.6. The number of carbonyl (C=O) groups excluding carboxylic acids is 3. The number of alkyl carbamates (subject to hydrolysis) is 1. The molecule has 250 valence electrons. The van der Waals surface area contributed by atoms with Crippen LogP contribution in [0.3, 0.4) is 0 Å². The van der Waals surface area contributed by atoms with Gasteiger partial charge in [0.05, 0.1) is 51.0 Å². The minimum Gasteiger partial charge on any atom is -0.445 e. The fraction of sp³-hybridized carbons (Fsp3) is 0.344. The molecule has 2 aliphatic rings. The zero-order valence-corrected chi connectivity index (χ0v) is 27.6. The number of aliphatic hydroxyl groups is 2. The van der Waals surface area contributed by atoms with E-state index in [9.17, 15) is 24.6 Å². The van der Waals surface area contributed by atoms with Gasteiger partial charge in [-0.15, -0.1) is 0 Å². The number of halogens is 4. The fourth-order valence-corrected chi connectivity index (χ4v) is 6.22. The van der Waals surface area contributed by atoms with Gasteiger partial charge in [0.15, 0.2) is 6.29 Å². The highest BCUT2D eigenvalue weighted by atomic mass is 35.5. The van der Waals surface area contributed by atoms with Crippen molar-refractivity contribution in [3.63, 3.8) is 0 Å². The van der Waals surface area contributed by atoms with Crippen LogP contribution in [-0.2, 0) is 32.2 Å². The summed E-state index contributed by atoms with van der Waals surface area (Å²) in [6.07, 6.45) is -6.25. The number of ether oxygens (including phenoxy) is 4. The Morgan fingerprint density at radius 3 is 1.94 bits per heavy atom. The molecule has 1 fully saturated rings. The first-order valence-corrected chi connectivity index (χ1v) is 16.0. The second-order valence-corrected chi connectivity index (χ2v) is 12.2. The minimum atomic E-state index is -1.74. The summed E-state index contributed by atoms with van der Waals surface area (Å²) in [4.78, 5) is 40.1. The van der Waals surface area contributed by atoms with E-state index >= 15 is 0 Å². The molecule has 2 heterocycles. The van der Waals surface area contributed by atoms with Crippen LogP contribution in [0.1, 0.15) is 38.3 Å². The lowest BCUT2D eigenvalue weighted by Gasteiger charge is -2.45. The summed E-state index contributed by atoms with van der Waals surface area (Å²) in [5, 5.41) is 24.0. The van der Waals surface area contributed by atoms with Gasteiger partial charge in [-0.1, -0.05) is 107 Å². The van der Waals surface area contributed by atoms with Crippen LogP contribution in [0.25, 0.3) is 0 Å². The largest absolute Gasteiger partial charge is 0.445 e. The predicted molar refractivity (Wildman–Crippen MR) is 173 cm³/mol. The van der Waals surface area contributed by atoms with Crippen molar-refractivity contribution >= 4 is 64.3 Å². The average molecular weight is 728 g/mol. The fourth-order valence-electron chi connectivity index (χ4n) is 5.21. The Kier molecular flexibility index (Phi) is 12.0. The molecule has 15 heteroatoms. The average Bonchev–Trinajstić information content (AvgIpc) is 3.34. The summed E-state index contributed by atoms with van der Waals surface area (Å²) < 4.78 is 22.9. The number of aliphatic hydroxyl groups excluding tert-OH is 2. The molecule has 0 aromatic heterocycles. The van der Waals surface area contributed by atoms with Gasteiger partial charge in [-0.3, -0.25) is 14.5 Å². The third kappa shape index (κ3) is 7.86. The van der Waals surface area contributed by atoms with Crippen molar-refractivity contribution in [2.75, 3.05) is 19.8 Å². The summed E-state index contributed by atoms with van der Waals surface area (Å²) in [5.74, 6) is -1.88. The predicted octanol–water partition coefficient (Wildman–Crippen LogP) is 5.26. The molecule has 1 unspecified atom stereocenters. The molecular weight excluding hydrogens is 698 g/mol. The zero-order valence-electron chi connectivity index (χ0n) is 24.6. The summed E-state index contributed by atoms with van der Waals surface area (Å²) in [5.41, 5.74) is 1.09. The first-order valence-electron chi connectivity index (χ1n) is 14.5. The van der Waals surface area contributed by atoms with Gasteiger partial charge in [0.25, 0.3) is 11.8 Å². The summed E-state index contributed by atoms with van der Waals surface area (Å²) in [6.45, 7) is 0.234. The highest BCUT2D eigenvalue weighted by Gasteiger charge is 2.55. The van der Waals surface area contributed by atoms with E-state index in [1.54, 1.807) is 0 Å². The van der Waals surface area contributed by atoms with E-state index in [-0.39, 0.29) is 70.6 Å². The van der Waals surface area contributed by atoms with E-state index in [2.05, 4.69) is 5.32 Å². The maximum absolute atomic E-state index is 13.6. The van der Waals surface area contributed by atoms with Crippen LogP contribution in [0.15, 0.2) is 60.7 Å². The Morgan fingerprint density at radius 1 is 0.809 bits per heavy atom. The number of fused-ring (bicyclic) bond motifs is 1. The normalized spacial score (nSPS) is 22.3. The Hall–Kier alpha value is -2.97. The maximum Gasteiger partial charge on any atom is 0.407 e. The highest BCUT2D eigenvalue weighted by Crippen LogP contribution is 2.46. The second-order valence-electron chi connectivity index (χ2n) is 10.7. The van der Waals surface area contributed by atoms with Crippen LogP contribution in [0.5, 0.6) is 0 Å². The lowest BCUT2D eigenvalue weighted by molar-refractivity contribution is -0.282. The molecule has 5 atom stereocenters. The lowest BCUT2D eigenvalue weighted by Crippen LogP contribution is -2.65. The molecule has 0 spiro atoms. The molecule has 1 saturated heterocycles. The molecule has 2 aliphatic heterocycles. The molecule has 3 amide bonds. The Balaban J connectivity index is 1.27. The van der Waals surface area contributed by atoms with Crippen LogP contribution in [0.2, 0.25) is 20.1 Å². The van der Waals surface area contributed by atoms with E-state index in [1.165, 1.54) is 0 Å². The van der Waals surface area contributed by atoms with Crippen molar-refractivity contribution in [1.29, 1.82) is 0 Å². The Morgan fingerprint density at radius 2 is 1.36 bits per heavy atom. The van der Waals surface area contributed by atoms with E-state index in [0.29, 0.717) is 4.90 Å². The SMILES string of the molecule is O=C(NCCCOC1O[C@H](COCc2ccccc2)[C@@H](O)[C@H](O)[C@H]1N1C(=O)c2c(Cl)c(Cl)c(Cl)c(Cl)c2C1=O)OCc1ccccc1. The third-order valence-corrected chi connectivity index (χ3v) is 9.38. The standard InChI is InChI=1S/C32H30Cl4N2O9/c33-22-20-21(23(34)25(36)24(22)35)30(42)38(29(20)41)26-28(40)27(39)19(16-44-14-17-8-3-1-4-9-17)47-31(26)45-13-7-12-37-32(43)46-15-18-10-5-2-6-11-18/h1-6,8-11,19,26-28,31,39-40H,7,12-16H2,(H,37,43)/t19-,26-,27-,28-,31?/m1/s1. The Bertz CT molecular complexity index is 1550. The van der Waals surface area contributed by atoms with Crippen molar-refractivity contribution in [3.05, 3.63) is 103 Å².